The van der Waals surface area contributed by atoms with Gasteiger partial charge in [0.05, 0.1) is 0 Å². The van der Waals surface area contributed by atoms with E-state index in [0.717, 1.165) is 31.2 Å². The predicted octanol–water partition coefficient (Wildman–Crippen LogP) is 5.07. The van der Waals surface area contributed by atoms with Crippen LogP contribution in [0.2, 0.25) is 0 Å². The van der Waals surface area contributed by atoms with Gasteiger partial charge in [-0.15, -0.1) is 4.90 Å². The molecule has 1 N–H and O–H groups in total. The first-order valence-corrected chi connectivity index (χ1v) is 11.7. The maximum atomic E-state index is 12.7. The second-order valence-corrected chi connectivity index (χ2v) is 11.3. The summed E-state index contributed by atoms with van der Waals surface area (Å²) in [6, 6.07) is 0. The number of hydrogen-bond acceptors (Lipinski definition) is 8. The van der Waals surface area contributed by atoms with Crippen molar-refractivity contribution >= 4 is 24.2 Å². The normalized spacial score (nSPS) is 21.4. The summed E-state index contributed by atoms with van der Waals surface area (Å²) in [6.07, 6.45) is 4.97. The van der Waals surface area contributed by atoms with E-state index >= 15 is 0 Å². The molecule has 0 aromatic carbocycles. The van der Waals surface area contributed by atoms with E-state index in [4.69, 9.17) is 14.2 Å². The van der Waals surface area contributed by atoms with E-state index in [1.807, 2.05) is 6.92 Å². The maximum Gasteiger partial charge on any atom is 0.427 e. The molecular formula is C24H36N4O6. The van der Waals surface area contributed by atoms with Crippen molar-refractivity contribution in [2.24, 2.45) is 0 Å². The lowest BCUT2D eigenvalue weighted by molar-refractivity contribution is 0.0427. The van der Waals surface area contributed by atoms with Crippen LogP contribution in [0.15, 0.2) is 12.4 Å². The second-order valence-electron chi connectivity index (χ2n) is 11.3. The number of aromatic nitrogens is 2. The summed E-state index contributed by atoms with van der Waals surface area (Å²) >= 11 is 0. The molecule has 1 heterocycles. The lowest BCUT2D eigenvalue weighted by Gasteiger charge is -2.27. The minimum absolute atomic E-state index is 0.111. The number of rotatable bonds is 4. The molecule has 0 bridgehead atoms. The summed E-state index contributed by atoms with van der Waals surface area (Å²) in [5.74, 6) is -0.0185. The van der Waals surface area contributed by atoms with Crippen LogP contribution in [0.4, 0.5) is 20.3 Å². The molecule has 34 heavy (non-hydrogen) atoms. The van der Waals surface area contributed by atoms with Gasteiger partial charge >= 0.3 is 18.3 Å². The number of anilines is 1. The standard InChI is InChI=1S/C24H36N4O6/c1-22(2,3)33-20(30)28(21(31)34-23(4,5)6)18-25-13-16(14-26-18)15-8-9-17(12-15)32-19(29)27-24(7)10-11-24/h13-15,17H,8-12H2,1-7H3,(H,27,29)/t15-,17+/m1/s1. The molecule has 0 radical (unpaired) electrons. The lowest BCUT2D eigenvalue weighted by Crippen LogP contribution is -2.44. The van der Waals surface area contributed by atoms with Crippen LogP contribution in [-0.4, -0.2) is 51.1 Å². The van der Waals surface area contributed by atoms with Crippen molar-refractivity contribution in [1.82, 2.24) is 15.3 Å². The Labute approximate surface area is 200 Å². The number of carbonyl (C=O) groups is 3. The number of carbonyl (C=O) groups excluding carboxylic acids is 3. The number of imide groups is 1. The van der Waals surface area contributed by atoms with E-state index in [0.29, 0.717) is 11.3 Å². The Kier molecular flexibility index (Phi) is 7.10. The van der Waals surface area contributed by atoms with Gasteiger partial charge in [-0.3, -0.25) is 0 Å². The van der Waals surface area contributed by atoms with Crippen molar-refractivity contribution in [3.05, 3.63) is 18.0 Å². The number of hydrogen-bond donors (Lipinski definition) is 1. The van der Waals surface area contributed by atoms with Crippen molar-refractivity contribution in [2.75, 3.05) is 4.90 Å². The number of amides is 3. The summed E-state index contributed by atoms with van der Waals surface area (Å²) in [5.41, 5.74) is -0.913. The van der Waals surface area contributed by atoms with Crippen LogP contribution in [0.25, 0.3) is 0 Å². The average Bonchev–Trinajstić information content (AvgIpc) is 3.20. The summed E-state index contributed by atoms with van der Waals surface area (Å²) in [5, 5.41) is 2.91. The third kappa shape index (κ3) is 7.30. The lowest BCUT2D eigenvalue weighted by atomic mass is 10.0. The highest BCUT2D eigenvalue weighted by Gasteiger charge is 2.40. The second kappa shape index (κ2) is 9.38. The van der Waals surface area contributed by atoms with Crippen LogP contribution in [0.5, 0.6) is 0 Å². The maximum absolute atomic E-state index is 12.7. The van der Waals surface area contributed by atoms with Gasteiger partial charge in [0.25, 0.3) is 0 Å². The molecule has 0 spiro atoms. The zero-order valence-electron chi connectivity index (χ0n) is 21.1. The molecule has 0 aliphatic heterocycles. The molecule has 2 aliphatic carbocycles. The Bertz CT molecular complexity index is 887. The SMILES string of the molecule is CC1(NC(=O)O[C@H]2CC[C@@H](c3cnc(N(C(=O)OC(C)(C)C)C(=O)OC(C)(C)C)nc3)C2)CC1. The fourth-order valence-electron chi connectivity index (χ4n) is 3.60. The van der Waals surface area contributed by atoms with Crippen LogP contribution in [0.1, 0.15) is 92.1 Å². The molecule has 1 aromatic rings. The van der Waals surface area contributed by atoms with Gasteiger partial charge < -0.3 is 19.5 Å². The van der Waals surface area contributed by atoms with Gasteiger partial charge in [-0.25, -0.2) is 24.4 Å². The Balaban J connectivity index is 1.67. The summed E-state index contributed by atoms with van der Waals surface area (Å²) in [6.45, 7) is 12.2. The molecule has 0 unspecified atom stereocenters. The minimum Gasteiger partial charge on any atom is -0.446 e. The minimum atomic E-state index is -0.917. The predicted molar refractivity (Wildman–Crippen MR) is 125 cm³/mol. The van der Waals surface area contributed by atoms with E-state index in [9.17, 15) is 14.4 Å². The molecule has 1 aromatic heterocycles. The van der Waals surface area contributed by atoms with Crippen molar-refractivity contribution in [2.45, 2.75) is 109 Å². The van der Waals surface area contributed by atoms with Gasteiger partial charge in [0.15, 0.2) is 0 Å². The van der Waals surface area contributed by atoms with E-state index in [-0.39, 0.29) is 29.6 Å². The Morgan fingerprint density at radius 1 is 0.971 bits per heavy atom. The molecule has 2 fully saturated rings. The van der Waals surface area contributed by atoms with Gasteiger partial charge in [0, 0.05) is 17.9 Å². The summed E-state index contributed by atoms with van der Waals surface area (Å²) in [4.78, 5) is 46.8. The third-order valence-electron chi connectivity index (χ3n) is 5.54. The van der Waals surface area contributed by atoms with Gasteiger partial charge in [0.1, 0.15) is 17.3 Å². The smallest absolute Gasteiger partial charge is 0.427 e. The molecule has 188 valence electrons. The van der Waals surface area contributed by atoms with Crippen LogP contribution in [-0.2, 0) is 14.2 Å². The van der Waals surface area contributed by atoms with E-state index < -0.39 is 23.4 Å². The number of nitrogens with zero attached hydrogens (tertiary/aromatic N) is 3. The Morgan fingerprint density at radius 3 is 1.97 bits per heavy atom. The van der Waals surface area contributed by atoms with Gasteiger partial charge in [0.2, 0.25) is 5.95 Å². The van der Waals surface area contributed by atoms with Gasteiger partial charge in [-0.2, -0.15) is 0 Å². The largest absolute Gasteiger partial charge is 0.446 e. The number of alkyl carbamates (subject to hydrolysis) is 1. The molecule has 2 aliphatic rings. The highest BCUT2D eigenvalue weighted by molar-refractivity contribution is 6.08. The van der Waals surface area contributed by atoms with Crippen LogP contribution in [0.3, 0.4) is 0 Å². The molecule has 0 saturated heterocycles. The molecule has 10 nitrogen and oxygen atoms in total. The first-order valence-electron chi connectivity index (χ1n) is 11.7. The molecule has 2 saturated carbocycles. The fourth-order valence-corrected chi connectivity index (χ4v) is 3.60. The zero-order chi connectivity index (χ0) is 25.3. The zero-order valence-corrected chi connectivity index (χ0v) is 21.1. The first kappa shape index (κ1) is 25.7. The third-order valence-corrected chi connectivity index (χ3v) is 5.54. The topological polar surface area (TPSA) is 120 Å². The molecule has 3 amide bonds. The monoisotopic (exact) mass is 476 g/mol. The van der Waals surface area contributed by atoms with E-state index in [1.165, 1.54) is 0 Å². The summed E-state index contributed by atoms with van der Waals surface area (Å²) < 4.78 is 16.3. The summed E-state index contributed by atoms with van der Waals surface area (Å²) in [7, 11) is 0. The van der Waals surface area contributed by atoms with Crippen molar-refractivity contribution in [3.8, 4) is 0 Å². The van der Waals surface area contributed by atoms with Crippen LogP contribution < -0.4 is 10.2 Å². The van der Waals surface area contributed by atoms with Crippen molar-refractivity contribution in [1.29, 1.82) is 0 Å². The highest BCUT2D eigenvalue weighted by Crippen LogP contribution is 2.37. The Morgan fingerprint density at radius 2 is 1.50 bits per heavy atom. The molecular weight excluding hydrogens is 440 g/mol. The highest BCUT2D eigenvalue weighted by atomic mass is 16.6. The van der Waals surface area contributed by atoms with E-state index in [2.05, 4.69) is 15.3 Å². The van der Waals surface area contributed by atoms with Crippen LogP contribution in [0, 0.1) is 0 Å². The molecule has 3 rings (SSSR count). The van der Waals surface area contributed by atoms with Gasteiger partial charge in [-0.05, 0) is 92.1 Å². The Hall–Kier alpha value is -2.91. The van der Waals surface area contributed by atoms with Crippen LogP contribution >= 0.6 is 0 Å². The van der Waals surface area contributed by atoms with E-state index in [1.54, 1.807) is 53.9 Å². The number of ether oxygens (including phenoxy) is 3. The number of nitrogens with one attached hydrogen (secondary N) is 1. The molecule has 2 atom stereocenters. The van der Waals surface area contributed by atoms with Crippen molar-refractivity contribution < 1.29 is 28.6 Å². The van der Waals surface area contributed by atoms with Gasteiger partial charge in [-0.1, -0.05) is 0 Å². The fraction of sp³-hybridized carbons (Fsp3) is 0.708. The van der Waals surface area contributed by atoms with Crippen molar-refractivity contribution in [3.63, 3.8) is 0 Å². The average molecular weight is 477 g/mol. The quantitative estimate of drug-likeness (QED) is 0.598. The first-order chi connectivity index (χ1) is 15.6. The molecule has 10 heteroatoms.